The smallest absolute Gasteiger partial charge is 0.129 e. The summed E-state index contributed by atoms with van der Waals surface area (Å²) in [5.41, 5.74) is 3.76. The van der Waals surface area contributed by atoms with Gasteiger partial charge < -0.3 is 0 Å². The van der Waals surface area contributed by atoms with Crippen LogP contribution in [0.3, 0.4) is 0 Å². The first kappa shape index (κ1) is 12.2. The Labute approximate surface area is 110 Å². The highest BCUT2D eigenvalue weighted by Crippen LogP contribution is 2.26. The Morgan fingerprint density at radius 1 is 1.00 bits per heavy atom. The van der Waals surface area contributed by atoms with Crippen LogP contribution in [0.1, 0.15) is 26.3 Å². The van der Waals surface area contributed by atoms with Crippen molar-refractivity contribution in [1.82, 2.24) is 10.2 Å². The molecule has 0 aliphatic heterocycles. The molecule has 0 saturated carbocycles. The molecule has 0 radical (unpaired) electrons. The number of aromatic nitrogens is 2. The number of nitrogens with zero attached hydrogens (tertiary/aromatic N) is 2. The highest BCUT2D eigenvalue weighted by atomic mass is 79.9. The van der Waals surface area contributed by atoms with Crippen molar-refractivity contribution in [2.24, 2.45) is 0 Å². The van der Waals surface area contributed by atoms with Crippen LogP contribution in [0.5, 0.6) is 0 Å². The zero-order chi connectivity index (χ0) is 12.5. The second-order valence-corrected chi connectivity index (χ2v) is 5.91. The fraction of sp³-hybridized carbons (Fsp3) is 0.286. The van der Waals surface area contributed by atoms with Gasteiger partial charge in [-0.05, 0) is 38.5 Å². The quantitative estimate of drug-likeness (QED) is 0.786. The van der Waals surface area contributed by atoms with E-state index in [1.807, 2.05) is 6.07 Å². The number of hydrogen-bond acceptors (Lipinski definition) is 2. The lowest BCUT2D eigenvalue weighted by molar-refractivity contribution is 0.590. The van der Waals surface area contributed by atoms with Gasteiger partial charge >= 0.3 is 0 Å². The molecular formula is C14H15BrN2. The minimum Gasteiger partial charge on any atom is -0.157 e. The average Bonchev–Trinajstić information content (AvgIpc) is 2.28. The molecule has 0 unspecified atom stereocenters. The molecule has 0 N–H and O–H groups in total. The van der Waals surface area contributed by atoms with Crippen molar-refractivity contribution >= 4 is 15.9 Å². The van der Waals surface area contributed by atoms with Gasteiger partial charge in [0.15, 0.2) is 0 Å². The molecule has 0 atom stereocenters. The van der Waals surface area contributed by atoms with E-state index in [0.717, 1.165) is 15.7 Å². The van der Waals surface area contributed by atoms with Gasteiger partial charge in [-0.3, -0.25) is 0 Å². The van der Waals surface area contributed by atoms with Crippen LogP contribution < -0.4 is 0 Å². The molecular weight excluding hydrogens is 276 g/mol. The second-order valence-electron chi connectivity index (χ2n) is 5.09. The fourth-order valence-electron chi connectivity index (χ4n) is 1.66. The molecule has 0 bridgehead atoms. The zero-order valence-electron chi connectivity index (χ0n) is 10.2. The minimum absolute atomic E-state index is 0.190. The van der Waals surface area contributed by atoms with Crippen molar-refractivity contribution in [3.8, 4) is 11.1 Å². The molecule has 0 fully saturated rings. The number of benzene rings is 1. The predicted molar refractivity (Wildman–Crippen MR) is 73.9 cm³/mol. The number of hydrogen-bond donors (Lipinski definition) is 0. The van der Waals surface area contributed by atoms with Crippen LogP contribution in [-0.2, 0) is 5.41 Å². The Balaban J connectivity index is 2.36. The van der Waals surface area contributed by atoms with Crippen LogP contribution in [0.4, 0.5) is 0 Å². The van der Waals surface area contributed by atoms with Crippen LogP contribution >= 0.6 is 15.9 Å². The summed E-state index contributed by atoms with van der Waals surface area (Å²) in [6.07, 6.45) is 1.77. The summed E-state index contributed by atoms with van der Waals surface area (Å²) in [5, 5.41) is 7.82. The van der Waals surface area contributed by atoms with Gasteiger partial charge in [0.05, 0.1) is 6.20 Å². The maximum absolute atomic E-state index is 3.93. The molecule has 0 aliphatic carbocycles. The average molecular weight is 291 g/mol. The summed E-state index contributed by atoms with van der Waals surface area (Å²) in [7, 11) is 0. The van der Waals surface area contributed by atoms with Crippen LogP contribution in [0.25, 0.3) is 11.1 Å². The van der Waals surface area contributed by atoms with Gasteiger partial charge in [0.25, 0.3) is 0 Å². The Hall–Kier alpha value is -1.22. The molecule has 0 spiro atoms. The Bertz CT molecular complexity index is 512. The van der Waals surface area contributed by atoms with Crippen molar-refractivity contribution in [1.29, 1.82) is 0 Å². The lowest BCUT2D eigenvalue weighted by Gasteiger charge is -2.19. The van der Waals surface area contributed by atoms with Crippen molar-refractivity contribution in [2.75, 3.05) is 0 Å². The van der Waals surface area contributed by atoms with Crippen molar-refractivity contribution < 1.29 is 0 Å². The lowest BCUT2D eigenvalue weighted by Crippen LogP contribution is -2.10. The zero-order valence-corrected chi connectivity index (χ0v) is 11.8. The maximum Gasteiger partial charge on any atom is 0.129 e. The van der Waals surface area contributed by atoms with Crippen LogP contribution in [0.15, 0.2) is 41.1 Å². The number of halogens is 1. The van der Waals surface area contributed by atoms with E-state index >= 15 is 0 Å². The van der Waals surface area contributed by atoms with Gasteiger partial charge in [-0.15, -0.1) is 5.10 Å². The molecule has 88 valence electrons. The van der Waals surface area contributed by atoms with E-state index in [4.69, 9.17) is 0 Å². The summed E-state index contributed by atoms with van der Waals surface area (Å²) in [6.45, 7) is 6.64. The SMILES string of the molecule is CC(C)(C)c1ccc(-c2cnnc(Br)c2)cc1. The molecule has 0 aliphatic rings. The highest BCUT2D eigenvalue weighted by Gasteiger charge is 2.13. The first-order valence-electron chi connectivity index (χ1n) is 5.56. The Morgan fingerprint density at radius 2 is 1.65 bits per heavy atom. The van der Waals surface area contributed by atoms with Gasteiger partial charge in [-0.25, -0.2) is 0 Å². The minimum atomic E-state index is 0.190. The fourth-order valence-corrected chi connectivity index (χ4v) is 2.00. The summed E-state index contributed by atoms with van der Waals surface area (Å²) in [5.74, 6) is 0. The molecule has 17 heavy (non-hydrogen) atoms. The second kappa shape index (κ2) is 4.57. The molecule has 2 nitrogen and oxygen atoms in total. The Kier molecular flexibility index (Phi) is 3.29. The van der Waals surface area contributed by atoms with E-state index in [2.05, 4.69) is 71.2 Å². The molecule has 0 amide bonds. The largest absolute Gasteiger partial charge is 0.157 e. The molecule has 2 rings (SSSR count). The number of rotatable bonds is 1. The van der Waals surface area contributed by atoms with E-state index in [1.165, 1.54) is 5.56 Å². The highest BCUT2D eigenvalue weighted by molar-refractivity contribution is 9.10. The van der Waals surface area contributed by atoms with Crippen molar-refractivity contribution in [3.63, 3.8) is 0 Å². The van der Waals surface area contributed by atoms with Gasteiger partial charge in [0.1, 0.15) is 4.60 Å². The van der Waals surface area contributed by atoms with Crippen LogP contribution in [0.2, 0.25) is 0 Å². The lowest BCUT2D eigenvalue weighted by atomic mass is 9.86. The standard InChI is InChI=1S/C14H15BrN2/c1-14(2,3)12-6-4-10(5-7-12)11-8-13(15)17-16-9-11/h4-9H,1-3H3. The van der Waals surface area contributed by atoms with Crippen molar-refractivity contribution in [2.45, 2.75) is 26.2 Å². The topological polar surface area (TPSA) is 25.8 Å². The van der Waals surface area contributed by atoms with E-state index in [-0.39, 0.29) is 5.41 Å². The summed E-state index contributed by atoms with van der Waals surface area (Å²) in [6, 6.07) is 10.6. The van der Waals surface area contributed by atoms with Gasteiger partial charge in [-0.1, -0.05) is 45.0 Å². The maximum atomic E-state index is 3.93. The van der Waals surface area contributed by atoms with Gasteiger partial charge in [0.2, 0.25) is 0 Å². The van der Waals surface area contributed by atoms with Gasteiger partial charge in [0, 0.05) is 5.56 Å². The summed E-state index contributed by atoms with van der Waals surface area (Å²) in [4.78, 5) is 0. The molecule has 1 heterocycles. The predicted octanol–water partition coefficient (Wildman–Crippen LogP) is 4.20. The summed E-state index contributed by atoms with van der Waals surface area (Å²) < 4.78 is 0.759. The molecule has 1 aromatic heterocycles. The van der Waals surface area contributed by atoms with Crippen LogP contribution in [-0.4, -0.2) is 10.2 Å². The summed E-state index contributed by atoms with van der Waals surface area (Å²) >= 11 is 3.33. The van der Waals surface area contributed by atoms with E-state index < -0.39 is 0 Å². The third kappa shape index (κ3) is 2.91. The molecule has 0 saturated heterocycles. The third-order valence-corrected chi connectivity index (χ3v) is 3.10. The molecule has 1 aromatic carbocycles. The van der Waals surface area contributed by atoms with E-state index in [0.29, 0.717) is 0 Å². The first-order valence-corrected chi connectivity index (χ1v) is 6.35. The molecule has 3 heteroatoms. The van der Waals surface area contributed by atoms with Gasteiger partial charge in [-0.2, -0.15) is 5.10 Å². The first-order chi connectivity index (χ1) is 7.97. The third-order valence-electron chi connectivity index (χ3n) is 2.71. The van der Waals surface area contributed by atoms with Crippen molar-refractivity contribution in [3.05, 3.63) is 46.7 Å². The van der Waals surface area contributed by atoms with Crippen LogP contribution in [0, 0.1) is 0 Å². The molecule has 2 aromatic rings. The Morgan fingerprint density at radius 3 is 2.18 bits per heavy atom. The van der Waals surface area contributed by atoms with E-state index in [1.54, 1.807) is 6.20 Å². The normalized spacial score (nSPS) is 11.5. The monoisotopic (exact) mass is 290 g/mol. The van der Waals surface area contributed by atoms with E-state index in [9.17, 15) is 0 Å².